The van der Waals surface area contributed by atoms with Crippen molar-refractivity contribution in [2.24, 2.45) is 0 Å². The molecule has 0 bridgehead atoms. The molecule has 150 valence electrons. The number of nitriles is 1. The van der Waals surface area contributed by atoms with E-state index in [-0.39, 0.29) is 12.2 Å². The molecule has 0 spiro atoms. The van der Waals surface area contributed by atoms with Crippen molar-refractivity contribution in [1.29, 1.82) is 5.26 Å². The Morgan fingerprint density at radius 1 is 1.28 bits per heavy atom. The van der Waals surface area contributed by atoms with Gasteiger partial charge in [-0.1, -0.05) is 49.4 Å². The van der Waals surface area contributed by atoms with Crippen LogP contribution in [-0.2, 0) is 11.2 Å². The number of carbonyl (C=O) groups excluding carboxylic acids is 1. The van der Waals surface area contributed by atoms with Gasteiger partial charge in [-0.3, -0.25) is 4.79 Å². The lowest BCUT2D eigenvalue weighted by atomic mass is 10.1. The smallest absolute Gasteiger partial charge is 0.266 e. The van der Waals surface area contributed by atoms with Crippen LogP contribution < -0.4 is 14.8 Å². The van der Waals surface area contributed by atoms with Crippen molar-refractivity contribution in [2.45, 2.75) is 20.3 Å². The second-order valence-corrected chi connectivity index (χ2v) is 6.40. The number of benzene rings is 2. The van der Waals surface area contributed by atoms with Crippen molar-refractivity contribution in [3.8, 4) is 17.6 Å². The van der Waals surface area contributed by atoms with E-state index in [9.17, 15) is 10.1 Å². The number of hydrogen-bond acceptors (Lipinski definition) is 4. The molecule has 6 heteroatoms. The van der Waals surface area contributed by atoms with Gasteiger partial charge in [0.15, 0.2) is 11.5 Å². The fraction of sp³-hybridized carbons (Fsp3) is 0.217. The minimum atomic E-state index is -0.491. The molecule has 0 atom stereocenters. The SMILES string of the molecule is C=CCOc1c(Cl)cc(/C=C(\C#N)C(=O)Nc2ccccc2CC)cc1OCC. The van der Waals surface area contributed by atoms with Gasteiger partial charge >= 0.3 is 0 Å². The van der Waals surface area contributed by atoms with Crippen LogP contribution >= 0.6 is 11.6 Å². The van der Waals surface area contributed by atoms with Crippen molar-refractivity contribution in [2.75, 3.05) is 18.5 Å². The second-order valence-electron chi connectivity index (χ2n) is 6.00. The Morgan fingerprint density at radius 2 is 2.03 bits per heavy atom. The van der Waals surface area contributed by atoms with Crippen LogP contribution in [0.5, 0.6) is 11.5 Å². The van der Waals surface area contributed by atoms with E-state index < -0.39 is 5.91 Å². The molecular weight excluding hydrogens is 388 g/mol. The van der Waals surface area contributed by atoms with Crippen LogP contribution in [-0.4, -0.2) is 19.1 Å². The molecule has 2 rings (SSSR count). The number of halogens is 1. The van der Waals surface area contributed by atoms with Crippen molar-refractivity contribution in [1.82, 2.24) is 0 Å². The first-order chi connectivity index (χ1) is 14.0. The number of para-hydroxylation sites is 1. The average molecular weight is 411 g/mol. The predicted molar refractivity (Wildman–Crippen MR) is 116 cm³/mol. The molecule has 0 heterocycles. The highest BCUT2D eigenvalue weighted by Crippen LogP contribution is 2.37. The summed E-state index contributed by atoms with van der Waals surface area (Å²) in [5, 5.41) is 12.6. The van der Waals surface area contributed by atoms with E-state index in [1.54, 1.807) is 18.2 Å². The average Bonchev–Trinajstić information content (AvgIpc) is 2.72. The first kappa shape index (κ1) is 22.1. The third kappa shape index (κ3) is 5.87. The lowest BCUT2D eigenvalue weighted by Gasteiger charge is -2.14. The first-order valence-electron chi connectivity index (χ1n) is 9.25. The fourth-order valence-electron chi connectivity index (χ4n) is 2.67. The minimum absolute atomic E-state index is 0.0471. The second kappa shape index (κ2) is 10.9. The van der Waals surface area contributed by atoms with Gasteiger partial charge in [0.25, 0.3) is 5.91 Å². The summed E-state index contributed by atoms with van der Waals surface area (Å²) in [4.78, 5) is 12.6. The summed E-state index contributed by atoms with van der Waals surface area (Å²) in [5.74, 6) is 0.335. The third-order valence-corrected chi connectivity index (χ3v) is 4.28. The molecule has 0 saturated carbocycles. The van der Waals surface area contributed by atoms with Gasteiger partial charge < -0.3 is 14.8 Å². The third-order valence-electron chi connectivity index (χ3n) is 4.00. The van der Waals surface area contributed by atoms with Crippen LogP contribution in [0.1, 0.15) is 25.0 Å². The highest BCUT2D eigenvalue weighted by Gasteiger charge is 2.15. The van der Waals surface area contributed by atoms with Gasteiger partial charge in [0.1, 0.15) is 18.2 Å². The van der Waals surface area contributed by atoms with Crippen LogP contribution in [0.2, 0.25) is 5.02 Å². The highest BCUT2D eigenvalue weighted by atomic mass is 35.5. The van der Waals surface area contributed by atoms with Gasteiger partial charge in [-0.15, -0.1) is 0 Å². The molecule has 0 aliphatic carbocycles. The van der Waals surface area contributed by atoms with Crippen LogP contribution in [0.25, 0.3) is 6.08 Å². The Labute approximate surface area is 176 Å². The highest BCUT2D eigenvalue weighted by molar-refractivity contribution is 6.32. The molecule has 0 aliphatic rings. The quantitative estimate of drug-likeness (QED) is 0.340. The molecule has 0 saturated heterocycles. The number of nitrogens with zero attached hydrogens (tertiary/aromatic N) is 1. The van der Waals surface area contributed by atoms with Crippen LogP contribution in [0.4, 0.5) is 5.69 Å². The Hall–Kier alpha value is -3.23. The van der Waals surface area contributed by atoms with Crippen molar-refractivity contribution >= 4 is 29.3 Å². The molecule has 0 radical (unpaired) electrons. The Balaban J connectivity index is 2.35. The molecule has 0 aliphatic heterocycles. The van der Waals surface area contributed by atoms with Crippen LogP contribution in [0.15, 0.2) is 54.6 Å². The van der Waals surface area contributed by atoms with E-state index in [1.807, 2.05) is 44.2 Å². The number of aryl methyl sites for hydroxylation is 1. The van der Waals surface area contributed by atoms with Gasteiger partial charge in [0, 0.05) is 5.69 Å². The van der Waals surface area contributed by atoms with Crippen LogP contribution in [0.3, 0.4) is 0 Å². The monoisotopic (exact) mass is 410 g/mol. The lowest BCUT2D eigenvalue weighted by Crippen LogP contribution is -2.14. The molecule has 0 aromatic heterocycles. The summed E-state index contributed by atoms with van der Waals surface area (Å²) in [6.45, 7) is 8.14. The molecule has 2 aromatic rings. The lowest BCUT2D eigenvalue weighted by molar-refractivity contribution is -0.112. The topological polar surface area (TPSA) is 71.3 Å². The molecule has 5 nitrogen and oxygen atoms in total. The number of ether oxygens (including phenoxy) is 2. The Bertz CT molecular complexity index is 961. The van der Waals surface area contributed by atoms with Gasteiger partial charge in [-0.2, -0.15) is 5.26 Å². The van der Waals surface area contributed by atoms with Crippen molar-refractivity contribution in [3.05, 3.63) is 70.8 Å². The number of anilines is 1. The fourth-order valence-corrected chi connectivity index (χ4v) is 2.95. The summed E-state index contributed by atoms with van der Waals surface area (Å²) in [7, 11) is 0. The zero-order valence-corrected chi connectivity index (χ0v) is 17.3. The number of amides is 1. The van der Waals surface area contributed by atoms with Crippen molar-refractivity contribution in [3.63, 3.8) is 0 Å². The molecule has 2 aromatic carbocycles. The van der Waals surface area contributed by atoms with E-state index in [0.29, 0.717) is 34.4 Å². The number of carbonyl (C=O) groups is 1. The van der Waals surface area contributed by atoms with Crippen LogP contribution in [0, 0.1) is 11.3 Å². The zero-order chi connectivity index (χ0) is 21.2. The summed E-state index contributed by atoms with van der Waals surface area (Å²) < 4.78 is 11.2. The molecule has 1 amide bonds. The van der Waals surface area contributed by atoms with Crippen molar-refractivity contribution < 1.29 is 14.3 Å². The summed E-state index contributed by atoms with van der Waals surface area (Å²) >= 11 is 6.33. The minimum Gasteiger partial charge on any atom is -0.490 e. The zero-order valence-electron chi connectivity index (χ0n) is 16.5. The first-order valence-corrected chi connectivity index (χ1v) is 9.62. The molecule has 29 heavy (non-hydrogen) atoms. The van der Waals surface area contributed by atoms with Gasteiger partial charge in [-0.25, -0.2) is 0 Å². The summed E-state index contributed by atoms with van der Waals surface area (Å²) in [6.07, 6.45) is 3.84. The van der Waals surface area contributed by atoms with E-state index in [1.165, 1.54) is 6.08 Å². The molecule has 0 fully saturated rings. The Morgan fingerprint density at radius 3 is 2.69 bits per heavy atom. The molecule has 1 N–H and O–H groups in total. The number of rotatable bonds is 9. The Kier molecular flexibility index (Phi) is 8.32. The van der Waals surface area contributed by atoms with E-state index in [2.05, 4.69) is 11.9 Å². The summed E-state index contributed by atoms with van der Waals surface area (Å²) in [6, 6.07) is 12.7. The predicted octanol–water partition coefficient (Wildman–Crippen LogP) is 5.41. The number of hydrogen-bond donors (Lipinski definition) is 1. The maximum atomic E-state index is 12.6. The maximum absolute atomic E-state index is 12.6. The van der Waals surface area contributed by atoms with Gasteiger partial charge in [0.05, 0.1) is 11.6 Å². The largest absolute Gasteiger partial charge is 0.490 e. The molecule has 0 unspecified atom stereocenters. The van der Waals surface area contributed by atoms with E-state index >= 15 is 0 Å². The molecular formula is C23H23ClN2O3. The van der Waals surface area contributed by atoms with Gasteiger partial charge in [-0.05, 0) is 48.7 Å². The standard InChI is InChI=1S/C23H23ClN2O3/c1-4-11-29-22-19(24)13-16(14-21(22)28-6-3)12-18(15-25)23(27)26-20-10-8-7-9-17(20)5-2/h4,7-10,12-14H,1,5-6,11H2,2-3H3,(H,26,27)/b18-12+. The van der Waals surface area contributed by atoms with E-state index in [0.717, 1.165) is 12.0 Å². The normalized spacial score (nSPS) is 10.8. The van der Waals surface area contributed by atoms with E-state index in [4.69, 9.17) is 21.1 Å². The summed E-state index contributed by atoms with van der Waals surface area (Å²) in [5.41, 5.74) is 2.18. The van der Waals surface area contributed by atoms with Gasteiger partial charge in [0.2, 0.25) is 0 Å². The number of nitrogens with one attached hydrogen (secondary N) is 1. The maximum Gasteiger partial charge on any atom is 0.266 e.